The van der Waals surface area contributed by atoms with Gasteiger partial charge in [-0.1, -0.05) is 12.1 Å². The zero-order valence-electron chi connectivity index (χ0n) is 15.4. The maximum Gasteiger partial charge on any atom is 0.234 e. The fraction of sp³-hybridized carbons (Fsp3) is 0.450. The van der Waals surface area contributed by atoms with E-state index in [1.807, 2.05) is 30.6 Å². The van der Waals surface area contributed by atoms with Gasteiger partial charge >= 0.3 is 0 Å². The Balaban J connectivity index is 1.28. The van der Waals surface area contributed by atoms with Crippen molar-refractivity contribution in [1.29, 1.82) is 0 Å². The van der Waals surface area contributed by atoms with Crippen LogP contribution in [0, 0.1) is 0 Å². The first-order chi connectivity index (χ1) is 13.3. The van der Waals surface area contributed by atoms with Gasteiger partial charge in [0.1, 0.15) is 0 Å². The maximum absolute atomic E-state index is 12.1. The van der Waals surface area contributed by atoms with Crippen LogP contribution in [0.4, 0.5) is 0 Å². The van der Waals surface area contributed by atoms with Gasteiger partial charge in [-0.05, 0) is 37.0 Å². The molecule has 0 spiro atoms. The molecule has 1 atom stereocenters. The Morgan fingerprint density at radius 2 is 2.33 bits per heavy atom. The Morgan fingerprint density at radius 1 is 1.37 bits per heavy atom. The number of nitrogens with one attached hydrogen (secondary N) is 1. The molecule has 4 rings (SSSR count). The van der Waals surface area contributed by atoms with E-state index in [0.29, 0.717) is 13.1 Å². The van der Waals surface area contributed by atoms with E-state index in [0.717, 1.165) is 50.3 Å². The number of rotatable bonds is 6. The minimum absolute atomic E-state index is 0.0744. The van der Waals surface area contributed by atoms with E-state index in [4.69, 9.17) is 4.74 Å². The predicted octanol–water partition coefficient (Wildman–Crippen LogP) is 1.65. The van der Waals surface area contributed by atoms with Crippen molar-refractivity contribution >= 4 is 11.5 Å². The summed E-state index contributed by atoms with van der Waals surface area (Å²) in [5.41, 5.74) is 2.39. The van der Waals surface area contributed by atoms with Gasteiger partial charge in [0.2, 0.25) is 5.91 Å². The van der Waals surface area contributed by atoms with Crippen molar-refractivity contribution in [1.82, 2.24) is 25.0 Å². The molecule has 7 heteroatoms. The second kappa shape index (κ2) is 8.45. The quantitative estimate of drug-likeness (QED) is 0.841. The molecule has 0 aliphatic carbocycles. The molecule has 0 aromatic carbocycles. The summed E-state index contributed by atoms with van der Waals surface area (Å²) in [5, 5.41) is 7.40. The molecule has 2 aliphatic rings. The highest BCUT2D eigenvalue weighted by molar-refractivity contribution is 5.78. The van der Waals surface area contributed by atoms with Gasteiger partial charge in [0, 0.05) is 44.2 Å². The van der Waals surface area contributed by atoms with Gasteiger partial charge in [0.05, 0.1) is 18.8 Å². The summed E-state index contributed by atoms with van der Waals surface area (Å²) in [6, 6.07) is 5.78. The molecule has 1 amide bonds. The lowest BCUT2D eigenvalue weighted by molar-refractivity contribution is -0.122. The van der Waals surface area contributed by atoms with Crippen LogP contribution in [-0.4, -0.2) is 64.5 Å². The third-order valence-electron chi connectivity index (χ3n) is 5.05. The molecule has 7 nitrogen and oxygen atoms in total. The summed E-state index contributed by atoms with van der Waals surface area (Å²) in [4.78, 5) is 18.6. The summed E-state index contributed by atoms with van der Waals surface area (Å²) < 4.78 is 7.33. The Kier molecular flexibility index (Phi) is 5.60. The first kappa shape index (κ1) is 17.9. The average Bonchev–Trinajstić information content (AvgIpc) is 3.40. The van der Waals surface area contributed by atoms with Crippen molar-refractivity contribution in [3.8, 4) is 5.82 Å². The highest BCUT2D eigenvalue weighted by Gasteiger charge is 2.19. The molecule has 2 aliphatic heterocycles. The summed E-state index contributed by atoms with van der Waals surface area (Å²) in [7, 11) is 0. The number of carbonyl (C=O) groups is 1. The van der Waals surface area contributed by atoms with Gasteiger partial charge in [-0.25, -0.2) is 9.67 Å². The van der Waals surface area contributed by atoms with Crippen LogP contribution in [0.5, 0.6) is 0 Å². The van der Waals surface area contributed by atoms with E-state index in [1.54, 1.807) is 10.9 Å². The molecule has 2 aromatic heterocycles. The lowest BCUT2D eigenvalue weighted by atomic mass is 10.0. The van der Waals surface area contributed by atoms with Crippen molar-refractivity contribution in [2.24, 2.45) is 0 Å². The van der Waals surface area contributed by atoms with Gasteiger partial charge < -0.3 is 10.1 Å². The zero-order valence-corrected chi connectivity index (χ0v) is 15.4. The van der Waals surface area contributed by atoms with E-state index in [1.165, 1.54) is 5.57 Å². The van der Waals surface area contributed by atoms with Gasteiger partial charge in [0.15, 0.2) is 5.82 Å². The molecule has 0 radical (unpaired) electrons. The van der Waals surface area contributed by atoms with Crippen LogP contribution in [0.25, 0.3) is 11.4 Å². The number of ether oxygens (including phenoxy) is 1. The second-order valence-corrected chi connectivity index (χ2v) is 7.02. The number of amides is 1. The van der Waals surface area contributed by atoms with Crippen LogP contribution in [0.15, 0.2) is 42.9 Å². The monoisotopic (exact) mass is 367 g/mol. The van der Waals surface area contributed by atoms with Crippen molar-refractivity contribution in [3.05, 3.63) is 48.4 Å². The first-order valence-corrected chi connectivity index (χ1v) is 9.54. The third-order valence-corrected chi connectivity index (χ3v) is 5.05. The molecule has 0 unspecified atom stereocenters. The second-order valence-electron chi connectivity index (χ2n) is 7.02. The molecule has 2 aromatic rings. The largest absolute Gasteiger partial charge is 0.376 e. The molecular weight excluding hydrogens is 342 g/mol. The predicted molar refractivity (Wildman–Crippen MR) is 102 cm³/mol. The normalized spacial score (nSPS) is 20.4. The molecule has 0 saturated carbocycles. The Labute approximate surface area is 159 Å². The topological polar surface area (TPSA) is 72.3 Å². The minimum atomic E-state index is 0.0744. The van der Waals surface area contributed by atoms with Gasteiger partial charge in [-0.2, -0.15) is 5.10 Å². The SMILES string of the molecule is O=C(CN1CC=C(c2cnn(-c3ccccn3)c2)CC1)NC[C@H]1CCCO1. The molecule has 4 heterocycles. The average molecular weight is 367 g/mol. The van der Waals surface area contributed by atoms with Gasteiger partial charge in [0.25, 0.3) is 0 Å². The van der Waals surface area contributed by atoms with Crippen LogP contribution in [0.2, 0.25) is 0 Å². The standard InChI is InChI=1S/C20H25N5O2/c26-20(22-13-18-4-3-11-27-18)15-24-9-6-16(7-10-24)17-12-23-25(14-17)19-5-1-2-8-21-19/h1-2,5-6,8,12,14,18H,3-4,7,9-11,13,15H2,(H,22,26)/t18-/m1/s1. The highest BCUT2D eigenvalue weighted by atomic mass is 16.5. The number of aromatic nitrogens is 3. The van der Waals surface area contributed by atoms with Crippen LogP contribution >= 0.6 is 0 Å². The fourth-order valence-electron chi connectivity index (χ4n) is 3.51. The van der Waals surface area contributed by atoms with Crippen LogP contribution < -0.4 is 5.32 Å². The minimum Gasteiger partial charge on any atom is -0.376 e. The van der Waals surface area contributed by atoms with E-state index in [2.05, 4.69) is 26.4 Å². The fourth-order valence-corrected chi connectivity index (χ4v) is 3.51. The van der Waals surface area contributed by atoms with E-state index in [9.17, 15) is 4.79 Å². The van der Waals surface area contributed by atoms with Crippen LogP contribution in [0.1, 0.15) is 24.8 Å². The molecule has 1 N–H and O–H groups in total. The van der Waals surface area contributed by atoms with Crippen LogP contribution in [0.3, 0.4) is 0 Å². The molecule has 142 valence electrons. The number of hydrogen-bond acceptors (Lipinski definition) is 5. The Bertz CT molecular complexity index is 796. The third kappa shape index (κ3) is 4.61. The Hall–Kier alpha value is -2.51. The number of nitrogens with zero attached hydrogens (tertiary/aromatic N) is 4. The first-order valence-electron chi connectivity index (χ1n) is 9.54. The summed E-state index contributed by atoms with van der Waals surface area (Å²) in [5.74, 6) is 0.884. The van der Waals surface area contributed by atoms with Crippen molar-refractivity contribution in [2.75, 3.05) is 32.8 Å². The molecular formula is C20H25N5O2. The number of pyridine rings is 1. The molecule has 1 saturated heterocycles. The highest BCUT2D eigenvalue weighted by Crippen LogP contribution is 2.22. The molecule has 0 bridgehead atoms. The lowest BCUT2D eigenvalue weighted by Gasteiger charge is -2.25. The van der Waals surface area contributed by atoms with Gasteiger partial charge in [-0.3, -0.25) is 9.69 Å². The lowest BCUT2D eigenvalue weighted by Crippen LogP contribution is -2.41. The van der Waals surface area contributed by atoms with E-state index in [-0.39, 0.29) is 12.0 Å². The molecule has 27 heavy (non-hydrogen) atoms. The zero-order chi connectivity index (χ0) is 18.5. The van der Waals surface area contributed by atoms with Crippen molar-refractivity contribution in [2.45, 2.75) is 25.4 Å². The Morgan fingerprint density at radius 3 is 3.07 bits per heavy atom. The summed E-state index contributed by atoms with van der Waals surface area (Å²) >= 11 is 0. The smallest absolute Gasteiger partial charge is 0.234 e. The maximum atomic E-state index is 12.1. The van der Waals surface area contributed by atoms with Crippen molar-refractivity contribution in [3.63, 3.8) is 0 Å². The van der Waals surface area contributed by atoms with Gasteiger partial charge in [-0.15, -0.1) is 0 Å². The van der Waals surface area contributed by atoms with E-state index < -0.39 is 0 Å². The number of carbonyl (C=O) groups excluding carboxylic acids is 1. The van der Waals surface area contributed by atoms with E-state index >= 15 is 0 Å². The number of hydrogen-bond donors (Lipinski definition) is 1. The summed E-state index contributed by atoms with van der Waals surface area (Å²) in [6.07, 6.45) is 11.1. The van der Waals surface area contributed by atoms with Crippen LogP contribution in [-0.2, 0) is 9.53 Å². The molecule has 1 fully saturated rings. The summed E-state index contributed by atoms with van der Waals surface area (Å²) in [6.45, 7) is 3.52. The van der Waals surface area contributed by atoms with Crippen molar-refractivity contribution < 1.29 is 9.53 Å².